The van der Waals surface area contributed by atoms with Crippen LogP contribution >= 0.6 is 11.6 Å². The second kappa shape index (κ2) is 7.13. The van der Waals surface area contributed by atoms with Crippen LogP contribution in [-0.4, -0.2) is 49.1 Å². The SMILES string of the molecule is O=S(=O)(Cc1ccc(Cl)cc1)N1CCN(c2ccc(C3CC3)nn2)CC1. The summed E-state index contributed by atoms with van der Waals surface area (Å²) in [6.45, 7) is 2.17. The minimum absolute atomic E-state index is 0.0000594. The van der Waals surface area contributed by atoms with E-state index in [4.69, 9.17) is 11.6 Å². The van der Waals surface area contributed by atoms with Gasteiger partial charge in [0.25, 0.3) is 0 Å². The minimum atomic E-state index is -3.34. The first-order chi connectivity index (χ1) is 12.5. The molecule has 0 atom stereocenters. The van der Waals surface area contributed by atoms with Crippen LogP contribution in [0.5, 0.6) is 0 Å². The number of hydrogen-bond acceptors (Lipinski definition) is 5. The van der Waals surface area contributed by atoms with Gasteiger partial charge in [-0.25, -0.2) is 8.42 Å². The van der Waals surface area contributed by atoms with E-state index < -0.39 is 10.0 Å². The van der Waals surface area contributed by atoms with Gasteiger partial charge in [0.15, 0.2) is 5.82 Å². The molecule has 0 bridgehead atoms. The molecule has 1 saturated carbocycles. The first kappa shape index (κ1) is 17.7. The van der Waals surface area contributed by atoms with E-state index in [0.29, 0.717) is 37.1 Å². The van der Waals surface area contributed by atoms with Crippen LogP contribution in [0.2, 0.25) is 5.02 Å². The maximum absolute atomic E-state index is 12.7. The lowest BCUT2D eigenvalue weighted by atomic mass is 10.2. The van der Waals surface area contributed by atoms with E-state index in [2.05, 4.69) is 15.1 Å². The molecule has 26 heavy (non-hydrogen) atoms. The van der Waals surface area contributed by atoms with Gasteiger partial charge in [0.2, 0.25) is 10.0 Å². The van der Waals surface area contributed by atoms with E-state index in [1.165, 1.54) is 12.8 Å². The van der Waals surface area contributed by atoms with E-state index in [1.807, 2.05) is 12.1 Å². The van der Waals surface area contributed by atoms with Crippen molar-refractivity contribution in [1.29, 1.82) is 0 Å². The zero-order valence-electron chi connectivity index (χ0n) is 14.4. The van der Waals surface area contributed by atoms with E-state index in [9.17, 15) is 8.42 Å². The van der Waals surface area contributed by atoms with Crippen LogP contribution in [0.25, 0.3) is 0 Å². The quantitative estimate of drug-likeness (QED) is 0.782. The number of sulfonamides is 1. The van der Waals surface area contributed by atoms with Crippen molar-refractivity contribution in [1.82, 2.24) is 14.5 Å². The van der Waals surface area contributed by atoms with E-state index in [-0.39, 0.29) is 5.75 Å². The van der Waals surface area contributed by atoms with Crippen LogP contribution < -0.4 is 4.90 Å². The Morgan fingerprint density at radius 3 is 2.23 bits per heavy atom. The highest BCUT2D eigenvalue weighted by Crippen LogP contribution is 2.38. The Bertz CT molecular complexity index is 859. The highest BCUT2D eigenvalue weighted by Gasteiger charge is 2.29. The molecule has 4 rings (SSSR count). The molecule has 6 nitrogen and oxygen atoms in total. The summed E-state index contributed by atoms with van der Waals surface area (Å²) in [5, 5.41) is 9.24. The average molecular weight is 393 g/mol. The van der Waals surface area contributed by atoms with E-state index >= 15 is 0 Å². The van der Waals surface area contributed by atoms with Crippen LogP contribution in [0.4, 0.5) is 5.82 Å². The lowest BCUT2D eigenvalue weighted by Gasteiger charge is -2.34. The van der Waals surface area contributed by atoms with E-state index in [1.54, 1.807) is 28.6 Å². The number of hydrogen-bond donors (Lipinski definition) is 0. The van der Waals surface area contributed by atoms with Crippen LogP contribution in [0.1, 0.15) is 30.0 Å². The van der Waals surface area contributed by atoms with Crippen molar-refractivity contribution in [2.75, 3.05) is 31.1 Å². The Morgan fingerprint density at radius 1 is 0.962 bits per heavy atom. The van der Waals surface area contributed by atoms with Crippen molar-refractivity contribution in [2.45, 2.75) is 24.5 Å². The highest BCUT2D eigenvalue weighted by atomic mass is 35.5. The molecule has 1 aliphatic heterocycles. The number of anilines is 1. The fraction of sp³-hybridized carbons (Fsp3) is 0.444. The molecule has 0 N–H and O–H groups in total. The molecular weight excluding hydrogens is 372 g/mol. The van der Waals surface area contributed by atoms with Crippen molar-refractivity contribution in [3.8, 4) is 0 Å². The Balaban J connectivity index is 1.36. The van der Waals surface area contributed by atoms with Gasteiger partial charge < -0.3 is 4.90 Å². The molecule has 0 unspecified atom stereocenters. The summed E-state index contributed by atoms with van der Waals surface area (Å²) in [4.78, 5) is 2.10. The van der Waals surface area contributed by atoms with Gasteiger partial charge in [-0.2, -0.15) is 9.40 Å². The van der Waals surface area contributed by atoms with Gasteiger partial charge in [0.1, 0.15) is 0 Å². The molecule has 2 heterocycles. The molecule has 2 aliphatic rings. The second-order valence-corrected chi connectivity index (χ2v) is 9.26. The first-order valence-electron chi connectivity index (χ1n) is 8.82. The Morgan fingerprint density at radius 2 is 1.65 bits per heavy atom. The van der Waals surface area contributed by atoms with Gasteiger partial charge >= 0.3 is 0 Å². The normalized spacial score (nSPS) is 18.9. The molecule has 1 aromatic carbocycles. The van der Waals surface area contributed by atoms with E-state index in [0.717, 1.165) is 17.1 Å². The third-order valence-corrected chi connectivity index (χ3v) is 6.99. The van der Waals surface area contributed by atoms with Crippen LogP contribution in [0, 0.1) is 0 Å². The fourth-order valence-electron chi connectivity index (χ4n) is 3.18. The molecule has 8 heteroatoms. The zero-order chi connectivity index (χ0) is 18.1. The maximum Gasteiger partial charge on any atom is 0.218 e. The van der Waals surface area contributed by atoms with Gasteiger partial charge in [-0.1, -0.05) is 23.7 Å². The number of nitrogens with zero attached hydrogens (tertiary/aromatic N) is 4. The molecule has 0 amide bonds. The van der Waals surface area contributed by atoms with Gasteiger partial charge in [-0.15, -0.1) is 5.10 Å². The molecular formula is C18H21ClN4O2S. The molecule has 0 radical (unpaired) electrons. The lowest BCUT2D eigenvalue weighted by molar-refractivity contribution is 0.383. The number of piperazine rings is 1. The molecule has 1 saturated heterocycles. The summed E-state index contributed by atoms with van der Waals surface area (Å²) in [7, 11) is -3.34. The van der Waals surface area contributed by atoms with Crippen molar-refractivity contribution in [2.24, 2.45) is 0 Å². The number of benzene rings is 1. The molecule has 0 spiro atoms. The summed E-state index contributed by atoms with van der Waals surface area (Å²) < 4.78 is 26.9. The Labute approximate surface area is 158 Å². The van der Waals surface area contributed by atoms with Gasteiger partial charge in [-0.3, -0.25) is 0 Å². The minimum Gasteiger partial charge on any atom is -0.352 e. The summed E-state index contributed by atoms with van der Waals surface area (Å²) in [6, 6.07) is 11.0. The van der Waals surface area contributed by atoms with Crippen molar-refractivity contribution in [3.05, 3.63) is 52.7 Å². The predicted octanol–water partition coefficient (Wildman–Crippen LogP) is 2.66. The summed E-state index contributed by atoms with van der Waals surface area (Å²) in [5.74, 6) is 1.41. The Kier molecular flexibility index (Phi) is 4.86. The molecule has 2 fully saturated rings. The molecule has 1 aliphatic carbocycles. The summed E-state index contributed by atoms with van der Waals surface area (Å²) in [6.07, 6.45) is 2.41. The largest absolute Gasteiger partial charge is 0.352 e. The molecule has 2 aromatic rings. The van der Waals surface area contributed by atoms with Crippen molar-refractivity contribution >= 4 is 27.4 Å². The van der Waals surface area contributed by atoms with Crippen molar-refractivity contribution in [3.63, 3.8) is 0 Å². The smallest absolute Gasteiger partial charge is 0.218 e. The number of halogens is 1. The topological polar surface area (TPSA) is 66.4 Å². The number of aromatic nitrogens is 2. The van der Waals surface area contributed by atoms with Gasteiger partial charge in [0, 0.05) is 37.1 Å². The fourth-order valence-corrected chi connectivity index (χ4v) is 4.82. The predicted molar refractivity (Wildman–Crippen MR) is 102 cm³/mol. The zero-order valence-corrected chi connectivity index (χ0v) is 16.0. The third-order valence-electron chi connectivity index (χ3n) is 4.89. The van der Waals surface area contributed by atoms with Crippen molar-refractivity contribution < 1.29 is 8.42 Å². The summed E-state index contributed by atoms with van der Waals surface area (Å²) >= 11 is 5.86. The van der Waals surface area contributed by atoms with Crippen LogP contribution in [0.15, 0.2) is 36.4 Å². The lowest BCUT2D eigenvalue weighted by Crippen LogP contribution is -2.49. The maximum atomic E-state index is 12.7. The monoisotopic (exact) mass is 392 g/mol. The summed E-state index contributed by atoms with van der Waals surface area (Å²) in [5.41, 5.74) is 1.82. The number of rotatable bonds is 5. The highest BCUT2D eigenvalue weighted by molar-refractivity contribution is 7.88. The molecule has 1 aromatic heterocycles. The van der Waals surface area contributed by atoms with Crippen LogP contribution in [-0.2, 0) is 15.8 Å². The Hall–Kier alpha value is -1.70. The van der Waals surface area contributed by atoms with Gasteiger partial charge in [0.05, 0.1) is 11.4 Å². The standard InChI is InChI=1S/C18H21ClN4O2S/c19-16-5-1-14(2-6-16)13-26(24,25)23-11-9-22(10-12-23)18-8-7-17(20-21-18)15-3-4-15/h1-2,5-8,15H,3-4,9-13H2. The second-order valence-electron chi connectivity index (χ2n) is 6.86. The van der Waals surface area contributed by atoms with Crippen LogP contribution in [0.3, 0.4) is 0 Å². The third kappa shape index (κ3) is 4.00. The first-order valence-corrected chi connectivity index (χ1v) is 10.8. The average Bonchev–Trinajstić information content (AvgIpc) is 3.49. The molecule has 138 valence electrons. The van der Waals surface area contributed by atoms with Gasteiger partial charge in [-0.05, 0) is 42.7 Å².